The summed E-state index contributed by atoms with van der Waals surface area (Å²) in [7, 11) is 0. The van der Waals surface area contributed by atoms with E-state index in [0.717, 1.165) is 31.0 Å². The number of likely N-dealkylation sites (tertiary alicyclic amines) is 1. The van der Waals surface area contributed by atoms with Crippen molar-refractivity contribution in [2.75, 3.05) is 13.1 Å². The fourth-order valence-corrected chi connectivity index (χ4v) is 3.17. The summed E-state index contributed by atoms with van der Waals surface area (Å²) in [6, 6.07) is 6.26. The lowest BCUT2D eigenvalue weighted by Gasteiger charge is -2.25. The second kappa shape index (κ2) is 8.35. The van der Waals surface area contributed by atoms with Gasteiger partial charge in [-0.3, -0.25) is 4.90 Å². The van der Waals surface area contributed by atoms with Gasteiger partial charge in [-0.15, -0.1) is 0 Å². The second-order valence-electron chi connectivity index (χ2n) is 6.51. The van der Waals surface area contributed by atoms with Crippen molar-refractivity contribution in [3.05, 3.63) is 48.4 Å². The third-order valence-corrected chi connectivity index (χ3v) is 4.55. The Hall–Kier alpha value is -1.79. The van der Waals surface area contributed by atoms with Gasteiger partial charge in [0, 0.05) is 44.0 Å². The van der Waals surface area contributed by atoms with E-state index in [4.69, 9.17) is 4.42 Å². The third-order valence-electron chi connectivity index (χ3n) is 4.55. The zero-order valence-electron chi connectivity index (χ0n) is 14.1. The highest BCUT2D eigenvalue weighted by atomic mass is 19.1. The van der Waals surface area contributed by atoms with Gasteiger partial charge in [-0.2, -0.15) is 0 Å². The SMILES string of the molecule is CC(CCc1ccco1)NC[C@@H]1C[C@H](F)CN1Cc1ncccn1. The molecule has 3 heterocycles. The number of aromatic nitrogens is 2. The van der Waals surface area contributed by atoms with Crippen molar-refractivity contribution >= 4 is 0 Å². The van der Waals surface area contributed by atoms with Crippen molar-refractivity contribution in [2.45, 2.75) is 51.0 Å². The molecule has 3 atom stereocenters. The van der Waals surface area contributed by atoms with E-state index in [9.17, 15) is 4.39 Å². The highest BCUT2D eigenvalue weighted by Crippen LogP contribution is 2.21. The molecule has 1 aliphatic rings. The first-order valence-corrected chi connectivity index (χ1v) is 8.60. The van der Waals surface area contributed by atoms with E-state index in [2.05, 4.69) is 27.1 Å². The van der Waals surface area contributed by atoms with E-state index in [-0.39, 0.29) is 6.04 Å². The topological polar surface area (TPSA) is 54.2 Å². The zero-order valence-corrected chi connectivity index (χ0v) is 14.1. The van der Waals surface area contributed by atoms with Gasteiger partial charge in [0.2, 0.25) is 0 Å². The number of rotatable bonds is 8. The molecule has 5 nitrogen and oxygen atoms in total. The van der Waals surface area contributed by atoms with Crippen LogP contribution >= 0.6 is 0 Å². The van der Waals surface area contributed by atoms with Crippen LogP contribution in [0.1, 0.15) is 31.4 Å². The number of aryl methyl sites for hydroxylation is 1. The average molecular weight is 332 g/mol. The predicted molar refractivity (Wildman–Crippen MR) is 90.2 cm³/mol. The number of nitrogens with zero attached hydrogens (tertiary/aromatic N) is 3. The maximum atomic E-state index is 13.9. The van der Waals surface area contributed by atoms with Crippen molar-refractivity contribution in [3.63, 3.8) is 0 Å². The number of alkyl halides is 1. The standard InChI is InChI=1S/C18H25FN4O/c1-14(5-6-17-4-2-9-24-17)22-11-16-10-15(19)12-23(16)13-18-20-7-3-8-21-18/h2-4,7-9,14-16,22H,5-6,10-13H2,1H3/t14?,15-,16-/m0/s1. The monoisotopic (exact) mass is 332 g/mol. The van der Waals surface area contributed by atoms with Crippen molar-refractivity contribution in [1.82, 2.24) is 20.2 Å². The van der Waals surface area contributed by atoms with Gasteiger partial charge in [0.25, 0.3) is 0 Å². The highest BCUT2D eigenvalue weighted by molar-refractivity contribution is 4.98. The van der Waals surface area contributed by atoms with Crippen molar-refractivity contribution in [2.24, 2.45) is 0 Å². The van der Waals surface area contributed by atoms with Crippen molar-refractivity contribution in [1.29, 1.82) is 0 Å². The van der Waals surface area contributed by atoms with Gasteiger partial charge in [-0.1, -0.05) is 0 Å². The van der Waals surface area contributed by atoms with Crippen LogP contribution in [0.5, 0.6) is 0 Å². The Kier molecular flexibility index (Phi) is 5.93. The summed E-state index contributed by atoms with van der Waals surface area (Å²) in [6.07, 6.45) is 6.89. The lowest BCUT2D eigenvalue weighted by atomic mass is 10.1. The molecule has 2 aromatic rings. The molecule has 6 heteroatoms. The summed E-state index contributed by atoms with van der Waals surface area (Å²) >= 11 is 0. The van der Waals surface area contributed by atoms with Crippen LogP contribution in [0.3, 0.4) is 0 Å². The molecule has 0 bridgehead atoms. The number of hydrogen-bond donors (Lipinski definition) is 1. The van der Waals surface area contributed by atoms with Crippen LogP contribution in [-0.4, -0.2) is 46.2 Å². The molecule has 24 heavy (non-hydrogen) atoms. The van der Waals surface area contributed by atoms with Gasteiger partial charge in [0.15, 0.2) is 0 Å². The van der Waals surface area contributed by atoms with E-state index in [0.29, 0.717) is 25.6 Å². The Morgan fingerprint density at radius 2 is 2.21 bits per heavy atom. The first kappa shape index (κ1) is 17.0. The average Bonchev–Trinajstić information content (AvgIpc) is 3.22. The van der Waals surface area contributed by atoms with Crippen LogP contribution in [0, 0.1) is 0 Å². The van der Waals surface area contributed by atoms with Crippen LogP contribution in [-0.2, 0) is 13.0 Å². The van der Waals surface area contributed by atoms with E-state index < -0.39 is 6.17 Å². The first-order valence-electron chi connectivity index (χ1n) is 8.60. The Labute approximate surface area is 142 Å². The third kappa shape index (κ3) is 4.85. The molecular weight excluding hydrogens is 307 g/mol. The maximum Gasteiger partial charge on any atom is 0.142 e. The normalized spacial score (nSPS) is 22.8. The highest BCUT2D eigenvalue weighted by Gasteiger charge is 2.32. The van der Waals surface area contributed by atoms with E-state index in [1.165, 1.54) is 0 Å². The van der Waals surface area contributed by atoms with Crippen LogP contribution in [0.25, 0.3) is 0 Å². The first-order chi connectivity index (χ1) is 11.7. The summed E-state index contributed by atoms with van der Waals surface area (Å²) in [5.41, 5.74) is 0. The molecule has 1 aliphatic heterocycles. The number of furan rings is 1. The molecule has 0 saturated carbocycles. The smallest absolute Gasteiger partial charge is 0.142 e. The molecule has 0 aliphatic carbocycles. The van der Waals surface area contributed by atoms with E-state index >= 15 is 0 Å². The van der Waals surface area contributed by atoms with Crippen LogP contribution in [0.4, 0.5) is 4.39 Å². The van der Waals surface area contributed by atoms with Crippen molar-refractivity contribution in [3.8, 4) is 0 Å². The lowest BCUT2D eigenvalue weighted by molar-refractivity contribution is 0.221. The molecular formula is C18H25FN4O. The Balaban J connectivity index is 1.45. The fraction of sp³-hybridized carbons (Fsp3) is 0.556. The molecule has 130 valence electrons. The molecule has 1 unspecified atom stereocenters. The number of hydrogen-bond acceptors (Lipinski definition) is 5. The summed E-state index contributed by atoms with van der Waals surface area (Å²) < 4.78 is 19.2. The van der Waals surface area contributed by atoms with Gasteiger partial charge >= 0.3 is 0 Å². The molecule has 2 aromatic heterocycles. The maximum absolute atomic E-state index is 13.9. The minimum absolute atomic E-state index is 0.190. The molecule has 0 spiro atoms. The minimum Gasteiger partial charge on any atom is -0.469 e. The molecule has 3 rings (SSSR count). The van der Waals surface area contributed by atoms with Gasteiger partial charge in [0.1, 0.15) is 17.8 Å². The summed E-state index contributed by atoms with van der Waals surface area (Å²) in [5, 5.41) is 3.53. The summed E-state index contributed by atoms with van der Waals surface area (Å²) in [4.78, 5) is 10.6. The van der Waals surface area contributed by atoms with Crippen LogP contribution < -0.4 is 5.32 Å². The zero-order chi connectivity index (χ0) is 16.8. The Morgan fingerprint density at radius 1 is 1.38 bits per heavy atom. The molecule has 0 amide bonds. The molecule has 0 aromatic carbocycles. The number of nitrogens with one attached hydrogen (secondary N) is 1. The van der Waals surface area contributed by atoms with Crippen LogP contribution in [0.2, 0.25) is 0 Å². The predicted octanol–water partition coefficient (Wildman–Crippen LogP) is 2.59. The van der Waals surface area contributed by atoms with Gasteiger partial charge < -0.3 is 9.73 Å². The lowest BCUT2D eigenvalue weighted by Crippen LogP contribution is -2.41. The van der Waals surface area contributed by atoms with Gasteiger partial charge in [-0.05, 0) is 38.0 Å². The molecule has 0 radical (unpaired) electrons. The molecule has 1 N–H and O–H groups in total. The summed E-state index contributed by atoms with van der Waals surface area (Å²) in [6.45, 7) is 4.02. The van der Waals surface area contributed by atoms with Crippen LogP contribution in [0.15, 0.2) is 41.3 Å². The number of halogens is 1. The second-order valence-corrected chi connectivity index (χ2v) is 6.51. The Bertz CT molecular complexity index is 592. The molecule has 1 fully saturated rings. The van der Waals surface area contributed by atoms with Gasteiger partial charge in [-0.25, -0.2) is 14.4 Å². The minimum atomic E-state index is -0.765. The van der Waals surface area contributed by atoms with Gasteiger partial charge in [0.05, 0.1) is 12.8 Å². The largest absolute Gasteiger partial charge is 0.469 e. The Morgan fingerprint density at radius 3 is 2.96 bits per heavy atom. The van der Waals surface area contributed by atoms with E-state index in [1.54, 1.807) is 24.7 Å². The fourth-order valence-electron chi connectivity index (χ4n) is 3.17. The quantitative estimate of drug-likeness (QED) is 0.805. The van der Waals surface area contributed by atoms with Crippen molar-refractivity contribution < 1.29 is 8.81 Å². The van der Waals surface area contributed by atoms with E-state index in [1.807, 2.05) is 12.1 Å². The summed E-state index contributed by atoms with van der Waals surface area (Å²) in [5.74, 6) is 1.76. The molecule has 1 saturated heterocycles.